The summed E-state index contributed by atoms with van der Waals surface area (Å²) < 4.78 is 24.0. The Morgan fingerprint density at radius 1 is 1.06 bits per heavy atom. The molecule has 0 saturated heterocycles. The number of ether oxygens (including phenoxy) is 2. The van der Waals surface area contributed by atoms with Crippen molar-refractivity contribution in [3.05, 3.63) is 93.8 Å². The Labute approximate surface area is 189 Å². The molecule has 0 aliphatic carbocycles. The van der Waals surface area contributed by atoms with Crippen LogP contribution in [-0.2, 0) is 0 Å². The molecular weight excluding hydrogens is 435 g/mol. The molecule has 0 aliphatic rings. The molecule has 0 spiro atoms. The third-order valence-corrected chi connectivity index (χ3v) is 4.61. The van der Waals surface area contributed by atoms with Crippen LogP contribution in [-0.4, -0.2) is 24.7 Å². The highest BCUT2D eigenvalue weighted by atomic mass is 35.5. The standard InChI is InChI=1S/C24H20ClFN2O4/c1-3-31-22-13-16(14-27-28-23(29)19-10-4-15(2)12-20(19)25)5-11-21(22)32-24(30)17-6-8-18(26)9-7-17/h4-14H,3H2,1-2H3,(H,28,29)/b27-14+. The van der Waals surface area contributed by atoms with E-state index in [2.05, 4.69) is 10.5 Å². The van der Waals surface area contributed by atoms with E-state index in [1.165, 1.54) is 30.5 Å². The van der Waals surface area contributed by atoms with Crippen LogP contribution in [0.3, 0.4) is 0 Å². The lowest BCUT2D eigenvalue weighted by Crippen LogP contribution is -2.18. The molecule has 1 N–H and O–H groups in total. The van der Waals surface area contributed by atoms with Gasteiger partial charge in [0.1, 0.15) is 5.82 Å². The number of carbonyl (C=O) groups is 2. The molecule has 0 aliphatic heterocycles. The summed E-state index contributed by atoms with van der Waals surface area (Å²) in [4.78, 5) is 24.6. The van der Waals surface area contributed by atoms with Crippen LogP contribution < -0.4 is 14.9 Å². The van der Waals surface area contributed by atoms with Crippen LogP contribution in [0.1, 0.15) is 38.8 Å². The minimum absolute atomic E-state index is 0.203. The Kier molecular flexibility index (Phi) is 7.57. The van der Waals surface area contributed by atoms with Gasteiger partial charge in [-0.2, -0.15) is 5.10 Å². The molecule has 8 heteroatoms. The maximum Gasteiger partial charge on any atom is 0.343 e. The summed E-state index contributed by atoms with van der Waals surface area (Å²) >= 11 is 6.10. The number of halogens is 2. The molecule has 0 atom stereocenters. The van der Waals surface area contributed by atoms with Crippen LogP contribution in [0.25, 0.3) is 0 Å². The van der Waals surface area contributed by atoms with Crippen molar-refractivity contribution >= 4 is 29.7 Å². The normalized spacial score (nSPS) is 10.8. The molecule has 0 bridgehead atoms. The summed E-state index contributed by atoms with van der Waals surface area (Å²) in [5, 5.41) is 4.28. The molecular formula is C24H20ClFN2O4. The van der Waals surface area contributed by atoms with Gasteiger partial charge in [0.25, 0.3) is 5.91 Å². The summed E-state index contributed by atoms with van der Waals surface area (Å²) in [5.41, 5.74) is 4.48. The van der Waals surface area contributed by atoms with Crippen LogP contribution in [0.4, 0.5) is 4.39 Å². The number of benzene rings is 3. The molecule has 32 heavy (non-hydrogen) atoms. The summed E-state index contributed by atoms with van der Waals surface area (Å²) in [7, 11) is 0. The summed E-state index contributed by atoms with van der Waals surface area (Å²) in [6, 6.07) is 14.9. The van der Waals surface area contributed by atoms with Crippen molar-refractivity contribution in [3.8, 4) is 11.5 Å². The van der Waals surface area contributed by atoms with E-state index in [9.17, 15) is 14.0 Å². The Hall–Kier alpha value is -3.71. The number of hydrazone groups is 1. The number of amides is 1. The zero-order chi connectivity index (χ0) is 23.1. The fourth-order valence-corrected chi connectivity index (χ4v) is 3.05. The van der Waals surface area contributed by atoms with Gasteiger partial charge in [0.2, 0.25) is 0 Å². The first-order valence-electron chi connectivity index (χ1n) is 9.71. The number of hydrogen-bond donors (Lipinski definition) is 1. The van der Waals surface area contributed by atoms with Crippen molar-refractivity contribution in [2.45, 2.75) is 13.8 Å². The lowest BCUT2D eigenvalue weighted by molar-refractivity contribution is 0.0728. The molecule has 0 aromatic heterocycles. The van der Waals surface area contributed by atoms with Crippen molar-refractivity contribution < 1.29 is 23.5 Å². The predicted molar refractivity (Wildman–Crippen MR) is 120 cm³/mol. The average Bonchev–Trinajstić information content (AvgIpc) is 2.76. The molecule has 0 saturated carbocycles. The van der Waals surface area contributed by atoms with Gasteiger partial charge in [-0.05, 0) is 79.6 Å². The summed E-state index contributed by atoms with van der Waals surface area (Å²) in [6.07, 6.45) is 1.42. The molecule has 3 aromatic rings. The Balaban J connectivity index is 1.71. The summed E-state index contributed by atoms with van der Waals surface area (Å²) in [5.74, 6) is -1.01. The van der Waals surface area contributed by atoms with E-state index in [-0.39, 0.29) is 11.3 Å². The van der Waals surface area contributed by atoms with Gasteiger partial charge < -0.3 is 9.47 Å². The molecule has 0 radical (unpaired) electrons. The second-order valence-electron chi connectivity index (χ2n) is 6.72. The second kappa shape index (κ2) is 10.5. The van der Waals surface area contributed by atoms with Gasteiger partial charge in [-0.1, -0.05) is 17.7 Å². The van der Waals surface area contributed by atoms with Crippen molar-refractivity contribution in [1.82, 2.24) is 5.43 Å². The van der Waals surface area contributed by atoms with Gasteiger partial charge >= 0.3 is 5.97 Å². The number of esters is 1. The van der Waals surface area contributed by atoms with E-state index in [1.54, 1.807) is 43.3 Å². The Morgan fingerprint density at radius 2 is 1.81 bits per heavy atom. The monoisotopic (exact) mass is 454 g/mol. The van der Waals surface area contributed by atoms with E-state index in [0.29, 0.717) is 28.5 Å². The minimum Gasteiger partial charge on any atom is -0.490 e. The molecule has 0 heterocycles. The van der Waals surface area contributed by atoms with E-state index >= 15 is 0 Å². The number of nitrogens with one attached hydrogen (secondary N) is 1. The lowest BCUT2D eigenvalue weighted by atomic mass is 10.1. The number of hydrogen-bond acceptors (Lipinski definition) is 5. The molecule has 1 amide bonds. The number of rotatable bonds is 7. The smallest absolute Gasteiger partial charge is 0.343 e. The molecule has 0 unspecified atom stereocenters. The highest BCUT2D eigenvalue weighted by molar-refractivity contribution is 6.33. The van der Waals surface area contributed by atoms with Crippen LogP contribution in [0.2, 0.25) is 5.02 Å². The van der Waals surface area contributed by atoms with E-state index in [0.717, 1.165) is 5.56 Å². The molecule has 164 valence electrons. The third-order valence-electron chi connectivity index (χ3n) is 4.30. The average molecular weight is 455 g/mol. The van der Waals surface area contributed by atoms with Crippen LogP contribution in [0, 0.1) is 12.7 Å². The minimum atomic E-state index is -0.644. The first-order chi connectivity index (χ1) is 15.4. The fraction of sp³-hybridized carbons (Fsp3) is 0.125. The SMILES string of the molecule is CCOc1cc(/C=N/NC(=O)c2ccc(C)cc2Cl)ccc1OC(=O)c1ccc(F)cc1. The van der Waals surface area contributed by atoms with Gasteiger partial charge in [-0.15, -0.1) is 0 Å². The fourth-order valence-electron chi connectivity index (χ4n) is 2.73. The highest BCUT2D eigenvalue weighted by Crippen LogP contribution is 2.29. The van der Waals surface area contributed by atoms with E-state index in [1.807, 2.05) is 6.92 Å². The van der Waals surface area contributed by atoms with Crippen LogP contribution in [0.5, 0.6) is 11.5 Å². The predicted octanol–water partition coefficient (Wildman–Crippen LogP) is 5.17. The summed E-state index contributed by atoms with van der Waals surface area (Å²) in [6.45, 7) is 4.00. The van der Waals surface area contributed by atoms with Crippen molar-refractivity contribution in [3.63, 3.8) is 0 Å². The van der Waals surface area contributed by atoms with E-state index < -0.39 is 17.7 Å². The molecule has 3 rings (SSSR count). The van der Waals surface area contributed by atoms with Gasteiger partial charge in [0.15, 0.2) is 11.5 Å². The number of aryl methyl sites for hydroxylation is 1. The Morgan fingerprint density at radius 3 is 2.50 bits per heavy atom. The zero-order valence-corrected chi connectivity index (χ0v) is 18.2. The zero-order valence-electron chi connectivity index (χ0n) is 17.4. The second-order valence-corrected chi connectivity index (χ2v) is 7.13. The van der Waals surface area contributed by atoms with Gasteiger partial charge in [0.05, 0.1) is 29.0 Å². The topological polar surface area (TPSA) is 77.0 Å². The molecule has 3 aromatic carbocycles. The third kappa shape index (κ3) is 5.92. The molecule has 0 fully saturated rings. The van der Waals surface area contributed by atoms with Crippen molar-refractivity contribution in [2.75, 3.05) is 6.61 Å². The maximum atomic E-state index is 13.1. The first kappa shape index (κ1) is 23.0. The van der Waals surface area contributed by atoms with Gasteiger partial charge in [-0.3, -0.25) is 4.79 Å². The van der Waals surface area contributed by atoms with Crippen molar-refractivity contribution in [1.29, 1.82) is 0 Å². The quantitative estimate of drug-likeness (QED) is 0.231. The van der Waals surface area contributed by atoms with E-state index in [4.69, 9.17) is 21.1 Å². The highest BCUT2D eigenvalue weighted by Gasteiger charge is 2.14. The lowest BCUT2D eigenvalue weighted by Gasteiger charge is -2.11. The maximum absolute atomic E-state index is 13.1. The largest absolute Gasteiger partial charge is 0.490 e. The van der Waals surface area contributed by atoms with Crippen molar-refractivity contribution in [2.24, 2.45) is 5.10 Å². The number of nitrogens with zero attached hydrogens (tertiary/aromatic N) is 1. The van der Waals surface area contributed by atoms with Crippen LogP contribution in [0.15, 0.2) is 65.8 Å². The molecule has 6 nitrogen and oxygen atoms in total. The van der Waals surface area contributed by atoms with Gasteiger partial charge in [-0.25, -0.2) is 14.6 Å². The van der Waals surface area contributed by atoms with Crippen LogP contribution >= 0.6 is 11.6 Å². The number of carbonyl (C=O) groups excluding carboxylic acids is 2. The Bertz CT molecular complexity index is 1160. The first-order valence-corrected chi connectivity index (χ1v) is 10.1. The van der Waals surface area contributed by atoms with Gasteiger partial charge in [0, 0.05) is 0 Å².